The quantitative estimate of drug-likeness (QED) is 0.189. The number of hydrogen-bond donors (Lipinski definition) is 3. The van der Waals surface area contributed by atoms with Gasteiger partial charge in [0.05, 0.1) is 24.2 Å². The first-order valence-corrected chi connectivity index (χ1v) is 19.1. The maximum Gasteiger partial charge on any atom is 0.452 e. The van der Waals surface area contributed by atoms with E-state index in [4.69, 9.17) is 22.1 Å². The van der Waals surface area contributed by atoms with E-state index >= 15 is 8.78 Å². The predicted molar refractivity (Wildman–Crippen MR) is 193 cm³/mol. The molecule has 0 spiro atoms. The minimum Gasteiger partial charge on any atom is -0.497 e. The van der Waals surface area contributed by atoms with Gasteiger partial charge >= 0.3 is 12.1 Å². The molecule has 1 aliphatic rings. The van der Waals surface area contributed by atoms with E-state index in [-0.39, 0.29) is 11.6 Å². The van der Waals surface area contributed by atoms with Crippen molar-refractivity contribution in [3.8, 4) is 5.75 Å². The van der Waals surface area contributed by atoms with E-state index in [9.17, 15) is 40.8 Å². The highest BCUT2D eigenvalue weighted by atomic mass is 35.5. The third-order valence-corrected chi connectivity index (χ3v) is 11.5. The van der Waals surface area contributed by atoms with Crippen LogP contribution in [0.25, 0.3) is 0 Å². The zero-order valence-electron chi connectivity index (χ0n) is 29.9. The van der Waals surface area contributed by atoms with E-state index in [2.05, 4.69) is 0 Å². The van der Waals surface area contributed by atoms with Gasteiger partial charge in [0.25, 0.3) is 11.7 Å². The molecule has 0 radical (unpaired) electrons. The molecule has 1 fully saturated rings. The topological polar surface area (TPSA) is 165 Å². The van der Waals surface area contributed by atoms with Gasteiger partial charge in [-0.1, -0.05) is 74.0 Å². The second-order valence-corrected chi connectivity index (χ2v) is 16.2. The van der Waals surface area contributed by atoms with Crippen LogP contribution in [-0.4, -0.2) is 80.0 Å². The van der Waals surface area contributed by atoms with Crippen LogP contribution in [0.2, 0.25) is 5.02 Å². The number of hydrogen-bond acceptors (Lipinski definition) is 8. The lowest BCUT2D eigenvalue weighted by atomic mass is 9.98. The number of benzene rings is 3. The number of carbonyl (C=O) groups is 4. The summed E-state index contributed by atoms with van der Waals surface area (Å²) < 4.78 is 104. The van der Waals surface area contributed by atoms with Gasteiger partial charge in [0.15, 0.2) is 9.84 Å². The van der Waals surface area contributed by atoms with Crippen LogP contribution in [0.5, 0.6) is 5.75 Å². The van der Waals surface area contributed by atoms with Crippen molar-refractivity contribution >= 4 is 44.9 Å². The van der Waals surface area contributed by atoms with E-state index in [1.54, 1.807) is 12.1 Å². The molecule has 3 amide bonds. The standard InChI is InChI=1S/C37H40ClF5N4O7S/c1-21(2)31(32(48)37(41,42)43)46-33(49)30-17-28(55(52,53)20-24-11-13-27(54-3)14-12-24)19-47(30)34(50)29(15-22-7-9-23(18-44)10-8-22)45-35(51)36(39,40)25-5-4-6-26(38)16-25/h4-14,16,21,28-31H,15,17-20,44H2,1-3H3,(H,45,51)(H,46,49)/t28-,29?,30+,31?/m1/s1. The minimum atomic E-state index is -5.35. The number of carbonyl (C=O) groups excluding carboxylic acids is 4. The number of likely N-dealkylation sites (tertiary alicyclic amines) is 1. The molecule has 0 aromatic heterocycles. The van der Waals surface area contributed by atoms with Crippen molar-refractivity contribution in [3.05, 3.63) is 100 Å². The Kier molecular flexibility index (Phi) is 13.7. The van der Waals surface area contributed by atoms with Gasteiger partial charge in [-0.25, -0.2) is 8.42 Å². The van der Waals surface area contributed by atoms with Crippen molar-refractivity contribution in [1.29, 1.82) is 0 Å². The van der Waals surface area contributed by atoms with Crippen LogP contribution in [0.15, 0.2) is 72.8 Å². The molecule has 1 aliphatic heterocycles. The molecule has 3 aromatic carbocycles. The number of nitrogens with one attached hydrogen (secondary N) is 2. The molecule has 55 heavy (non-hydrogen) atoms. The Bertz CT molecular complexity index is 1980. The van der Waals surface area contributed by atoms with Gasteiger partial charge in [-0.3, -0.25) is 19.2 Å². The monoisotopic (exact) mass is 814 g/mol. The molecule has 18 heteroatoms. The molecule has 2 unspecified atom stereocenters. The Hall–Kier alpha value is -4.61. The number of ether oxygens (including phenoxy) is 1. The van der Waals surface area contributed by atoms with Gasteiger partial charge in [-0.05, 0) is 53.3 Å². The number of nitrogens with zero attached hydrogens (tertiary/aromatic N) is 1. The lowest BCUT2D eigenvalue weighted by molar-refractivity contribution is -0.175. The summed E-state index contributed by atoms with van der Waals surface area (Å²) >= 11 is 5.88. The molecule has 4 atom stereocenters. The SMILES string of the molecule is COc1ccc(CS(=O)(=O)[C@@H]2C[C@@H](C(=O)NC(C(=O)C(F)(F)F)C(C)C)N(C(=O)C(Cc3ccc(CN)cc3)NC(=O)C(F)(F)c3cccc(Cl)c3)C2)cc1. The molecule has 1 heterocycles. The third kappa shape index (κ3) is 10.6. The zero-order valence-corrected chi connectivity index (χ0v) is 31.5. The molecular formula is C37H40ClF5N4O7S. The molecule has 0 saturated carbocycles. The summed E-state index contributed by atoms with van der Waals surface area (Å²) in [5, 5.41) is 2.50. The first-order valence-electron chi connectivity index (χ1n) is 17.0. The second-order valence-electron chi connectivity index (χ2n) is 13.4. The summed E-state index contributed by atoms with van der Waals surface area (Å²) in [5.41, 5.74) is 6.22. The average molecular weight is 815 g/mol. The Labute approximate surface area is 319 Å². The van der Waals surface area contributed by atoms with Gasteiger partial charge in [-0.15, -0.1) is 0 Å². The summed E-state index contributed by atoms with van der Waals surface area (Å²) in [7, 11) is -2.81. The Morgan fingerprint density at radius 1 is 0.927 bits per heavy atom. The Morgan fingerprint density at radius 2 is 1.53 bits per heavy atom. The molecular weight excluding hydrogens is 775 g/mol. The molecule has 298 valence electrons. The highest BCUT2D eigenvalue weighted by Crippen LogP contribution is 2.32. The van der Waals surface area contributed by atoms with Gasteiger partial charge < -0.3 is 26.0 Å². The fraction of sp³-hybridized carbons (Fsp3) is 0.405. The first kappa shape index (κ1) is 43.1. The smallest absolute Gasteiger partial charge is 0.452 e. The number of alkyl halides is 5. The van der Waals surface area contributed by atoms with Gasteiger partial charge in [0.2, 0.25) is 11.8 Å². The van der Waals surface area contributed by atoms with E-state index in [0.29, 0.717) is 22.4 Å². The fourth-order valence-corrected chi connectivity index (χ4v) is 8.04. The largest absolute Gasteiger partial charge is 0.497 e. The van der Waals surface area contributed by atoms with Crippen LogP contribution in [0.3, 0.4) is 0 Å². The van der Waals surface area contributed by atoms with E-state index in [1.165, 1.54) is 69.5 Å². The molecule has 3 aromatic rings. The number of rotatable bonds is 15. The summed E-state index contributed by atoms with van der Waals surface area (Å²) in [6, 6.07) is 10.8. The van der Waals surface area contributed by atoms with Crippen molar-refractivity contribution in [1.82, 2.24) is 15.5 Å². The first-order chi connectivity index (χ1) is 25.7. The molecule has 0 aliphatic carbocycles. The van der Waals surface area contributed by atoms with E-state index in [1.807, 2.05) is 10.6 Å². The van der Waals surface area contributed by atoms with Crippen LogP contribution < -0.4 is 21.1 Å². The summed E-state index contributed by atoms with van der Waals surface area (Å²) in [6.07, 6.45) is -6.40. The third-order valence-electron chi connectivity index (χ3n) is 9.18. The minimum absolute atomic E-state index is 0.103. The van der Waals surface area contributed by atoms with E-state index < -0.39 is 105 Å². The number of sulfone groups is 1. The van der Waals surface area contributed by atoms with Crippen molar-refractivity contribution < 1.29 is 54.3 Å². The molecule has 1 saturated heterocycles. The highest BCUT2D eigenvalue weighted by Gasteiger charge is 2.50. The zero-order chi connectivity index (χ0) is 40.9. The van der Waals surface area contributed by atoms with Crippen LogP contribution in [0.1, 0.15) is 42.5 Å². The van der Waals surface area contributed by atoms with Gasteiger partial charge in [0, 0.05) is 30.1 Å². The van der Waals surface area contributed by atoms with Crippen LogP contribution in [0, 0.1) is 5.92 Å². The summed E-state index contributed by atoms with van der Waals surface area (Å²) in [5.74, 6) is -12.1. The lowest BCUT2D eigenvalue weighted by Gasteiger charge is -2.31. The van der Waals surface area contributed by atoms with Gasteiger partial charge in [-0.2, -0.15) is 22.0 Å². The van der Waals surface area contributed by atoms with Crippen LogP contribution >= 0.6 is 11.6 Å². The van der Waals surface area contributed by atoms with Crippen molar-refractivity contribution in [2.24, 2.45) is 11.7 Å². The van der Waals surface area contributed by atoms with E-state index in [0.717, 1.165) is 17.0 Å². The number of nitrogens with two attached hydrogens (primary N) is 1. The van der Waals surface area contributed by atoms with Gasteiger partial charge in [0.1, 0.15) is 17.8 Å². The van der Waals surface area contributed by atoms with Crippen molar-refractivity contribution in [2.75, 3.05) is 13.7 Å². The van der Waals surface area contributed by atoms with Crippen LogP contribution in [-0.2, 0) is 53.7 Å². The Balaban J connectivity index is 1.74. The molecule has 4 N–H and O–H groups in total. The second kappa shape index (κ2) is 17.5. The maximum atomic E-state index is 15.6. The Morgan fingerprint density at radius 3 is 2.07 bits per heavy atom. The molecule has 4 rings (SSSR count). The molecule has 0 bridgehead atoms. The molecule has 11 nitrogen and oxygen atoms in total. The van der Waals surface area contributed by atoms with Crippen molar-refractivity contribution in [3.63, 3.8) is 0 Å². The number of ketones is 1. The number of halogens is 6. The number of amides is 3. The number of methoxy groups -OCH3 is 1. The highest BCUT2D eigenvalue weighted by molar-refractivity contribution is 7.91. The summed E-state index contributed by atoms with van der Waals surface area (Å²) in [6.45, 7) is 1.94. The maximum absolute atomic E-state index is 15.6. The fourth-order valence-electron chi connectivity index (χ4n) is 6.09. The lowest BCUT2D eigenvalue weighted by Crippen LogP contribution is -2.58. The summed E-state index contributed by atoms with van der Waals surface area (Å²) in [4.78, 5) is 54.5. The number of Topliss-reactive ketones (excluding diaryl/α,β-unsaturated/α-hetero) is 1. The predicted octanol–water partition coefficient (Wildman–Crippen LogP) is 4.48. The van der Waals surface area contributed by atoms with Crippen LogP contribution in [0.4, 0.5) is 22.0 Å². The van der Waals surface area contributed by atoms with Crippen molar-refractivity contribution in [2.45, 2.75) is 74.5 Å². The normalized spacial score (nSPS) is 17.4. The average Bonchev–Trinajstić information content (AvgIpc) is 3.60.